The number of rotatable bonds is 6. The van der Waals surface area contributed by atoms with Crippen LogP contribution in [0.5, 0.6) is 11.5 Å². The average Bonchev–Trinajstić information content (AvgIpc) is 3.07. The topological polar surface area (TPSA) is 64.7 Å². The first-order valence-corrected chi connectivity index (χ1v) is 10.3. The number of phenolic OH excluding ortho intramolecular Hbond substituents is 1. The molecule has 5 heteroatoms. The molecule has 0 radical (unpaired) electrons. The number of benzene rings is 2. The zero-order chi connectivity index (χ0) is 20.1. The predicted octanol–water partition coefficient (Wildman–Crippen LogP) is 5.61. The lowest BCUT2D eigenvalue weighted by Crippen LogP contribution is -2.07. The molecule has 1 N–H and O–H groups in total. The molecular formula is C24H27NO4. The highest BCUT2D eigenvalue weighted by atomic mass is 16.5. The first-order chi connectivity index (χ1) is 14.2. The summed E-state index contributed by atoms with van der Waals surface area (Å²) in [6, 6.07) is 13.3. The molecule has 4 rings (SSSR count). The van der Waals surface area contributed by atoms with Gasteiger partial charge in [0.2, 0.25) is 5.89 Å². The average molecular weight is 393 g/mol. The fourth-order valence-corrected chi connectivity index (χ4v) is 3.74. The number of aryl methyl sites for hydroxylation is 1. The Hall–Kier alpha value is -2.79. The fourth-order valence-electron chi connectivity index (χ4n) is 3.74. The number of aromatic nitrogens is 1. The summed E-state index contributed by atoms with van der Waals surface area (Å²) in [5, 5.41) is 10.4. The van der Waals surface area contributed by atoms with Gasteiger partial charge in [0.15, 0.2) is 11.5 Å². The molecule has 3 aromatic rings. The summed E-state index contributed by atoms with van der Waals surface area (Å²) in [4.78, 5) is 4.58. The van der Waals surface area contributed by atoms with Crippen molar-refractivity contribution in [2.24, 2.45) is 5.92 Å². The van der Waals surface area contributed by atoms with Gasteiger partial charge in [0.25, 0.3) is 0 Å². The summed E-state index contributed by atoms with van der Waals surface area (Å²) < 4.78 is 17.0. The van der Waals surface area contributed by atoms with Crippen molar-refractivity contribution in [1.29, 1.82) is 0 Å². The maximum Gasteiger partial charge on any atom is 0.226 e. The zero-order valence-electron chi connectivity index (χ0n) is 16.8. The molecule has 1 unspecified atom stereocenters. The Labute approximate surface area is 171 Å². The molecule has 1 aliphatic heterocycles. The summed E-state index contributed by atoms with van der Waals surface area (Å²) in [5.74, 6) is 1.83. The summed E-state index contributed by atoms with van der Waals surface area (Å²) in [5.41, 5.74) is 3.54. The number of oxazole rings is 1. The number of aromatic hydroxyl groups is 1. The van der Waals surface area contributed by atoms with Gasteiger partial charge in [0, 0.05) is 24.3 Å². The van der Waals surface area contributed by atoms with Crippen LogP contribution in [-0.2, 0) is 4.74 Å². The minimum absolute atomic E-state index is 0.118. The quantitative estimate of drug-likeness (QED) is 0.590. The molecule has 1 aliphatic rings. The third kappa shape index (κ3) is 4.80. The van der Waals surface area contributed by atoms with E-state index < -0.39 is 0 Å². The second kappa shape index (κ2) is 9.14. The first-order valence-electron chi connectivity index (χ1n) is 10.3. The lowest BCUT2D eigenvalue weighted by Gasteiger charge is -2.14. The van der Waals surface area contributed by atoms with Crippen LogP contribution in [0.3, 0.4) is 0 Å². The van der Waals surface area contributed by atoms with Gasteiger partial charge in [-0.1, -0.05) is 18.2 Å². The lowest BCUT2D eigenvalue weighted by atomic mass is 9.97. The molecule has 0 spiro atoms. The SMILES string of the molecule is Cc1ccccc1-c1nc(-c2ccc(OCCC3CCCOCC3)c(O)c2)co1. The van der Waals surface area contributed by atoms with E-state index in [4.69, 9.17) is 13.9 Å². The van der Waals surface area contributed by atoms with Gasteiger partial charge in [-0.2, -0.15) is 0 Å². The van der Waals surface area contributed by atoms with Crippen molar-refractivity contribution in [3.05, 3.63) is 54.3 Å². The minimum atomic E-state index is 0.118. The van der Waals surface area contributed by atoms with Gasteiger partial charge in [0.1, 0.15) is 12.0 Å². The van der Waals surface area contributed by atoms with E-state index in [2.05, 4.69) is 4.98 Å². The Morgan fingerprint density at radius 2 is 2.03 bits per heavy atom. The second-order valence-electron chi connectivity index (χ2n) is 7.58. The van der Waals surface area contributed by atoms with Crippen molar-refractivity contribution in [2.45, 2.75) is 32.6 Å². The van der Waals surface area contributed by atoms with E-state index in [0.29, 0.717) is 29.9 Å². The predicted molar refractivity (Wildman–Crippen MR) is 112 cm³/mol. The van der Waals surface area contributed by atoms with E-state index in [9.17, 15) is 5.11 Å². The molecule has 1 fully saturated rings. The number of ether oxygens (including phenoxy) is 2. The van der Waals surface area contributed by atoms with E-state index in [1.54, 1.807) is 18.4 Å². The highest BCUT2D eigenvalue weighted by molar-refractivity contribution is 5.66. The lowest BCUT2D eigenvalue weighted by molar-refractivity contribution is 0.140. The molecule has 0 aliphatic carbocycles. The third-order valence-corrected chi connectivity index (χ3v) is 5.49. The van der Waals surface area contributed by atoms with E-state index in [-0.39, 0.29) is 5.75 Å². The van der Waals surface area contributed by atoms with Crippen LogP contribution in [0.4, 0.5) is 0 Å². The van der Waals surface area contributed by atoms with Gasteiger partial charge >= 0.3 is 0 Å². The highest BCUT2D eigenvalue weighted by Crippen LogP contribution is 2.33. The Morgan fingerprint density at radius 3 is 2.90 bits per heavy atom. The summed E-state index contributed by atoms with van der Waals surface area (Å²) >= 11 is 0. The minimum Gasteiger partial charge on any atom is -0.504 e. The molecular weight excluding hydrogens is 366 g/mol. The van der Waals surface area contributed by atoms with Crippen molar-refractivity contribution in [3.8, 4) is 34.2 Å². The van der Waals surface area contributed by atoms with Crippen LogP contribution in [0, 0.1) is 12.8 Å². The smallest absolute Gasteiger partial charge is 0.226 e. The standard InChI is InChI=1S/C24H27NO4/c1-17-5-2-3-7-20(17)24-25-21(16-29-24)19-8-9-23(22(26)15-19)28-14-11-18-6-4-12-27-13-10-18/h2-3,5,7-9,15-16,18,26H,4,6,10-14H2,1H3. The van der Waals surface area contributed by atoms with Gasteiger partial charge in [-0.15, -0.1) is 0 Å². The third-order valence-electron chi connectivity index (χ3n) is 5.49. The Bertz CT molecular complexity index is 942. The number of nitrogens with zero attached hydrogens (tertiary/aromatic N) is 1. The van der Waals surface area contributed by atoms with Gasteiger partial charge in [-0.05, 0) is 68.4 Å². The highest BCUT2D eigenvalue weighted by Gasteiger charge is 2.14. The van der Waals surface area contributed by atoms with Crippen LogP contribution < -0.4 is 4.74 Å². The van der Waals surface area contributed by atoms with Crippen LogP contribution in [0.15, 0.2) is 53.1 Å². The largest absolute Gasteiger partial charge is 0.504 e. The van der Waals surface area contributed by atoms with Crippen LogP contribution in [0.1, 0.15) is 31.2 Å². The molecule has 29 heavy (non-hydrogen) atoms. The van der Waals surface area contributed by atoms with Gasteiger partial charge in [-0.3, -0.25) is 0 Å². The van der Waals surface area contributed by atoms with Crippen molar-refractivity contribution >= 4 is 0 Å². The Balaban J connectivity index is 1.40. The van der Waals surface area contributed by atoms with Crippen molar-refractivity contribution in [3.63, 3.8) is 0 Å². The van der Waals surface area contributed by atoms with Gasteiger partial charge < -0.3 is 19.0 Å². The van der Waals surface area contributed by atoms with Crippen LogP contribution in [0.2, 0.25) is 0 Å². The van der Waals surface area contributed by atoms with Crippen LogP contribution in [0.25, 0.3) is 22.7 Å². The van der Waals surface area contributed by atoms with E-state index in [0.717, 1.165) is 49.2 Å². The zero-order valence-corrected chi connectivity index (χ0v) is 16.8. The molecule has 2 aromatic carbocycles. The van der Waals surface area contributed by atoms with Crippen molar-refractivity contribution in [2.75, 3.05) is 19.8 Å². The summed E-state index contributed by atoms with van der Waals surface area (Å²) in [6.07, 6.45) is 5.99. The fraction of sp³-hybridized carbons (Fsp3) is 0.375. The Kier molecular flexibility index (Phi) is 6.15. The van der Waals surface area contributed by atoms with Crippen LogP contribution >= 0.6 is 0 Å². The van der Waals surface area contributed by atoms with Crippen molar-refractivity contribution in [1.82, 2.24) is 4.98 Å². The van der Waals surface area contributed by atoms with Gasteiger partial charge in [-0.25, -0.2) is 4.98 Å². The summed E-state index contributed by atoms with van der Waals surface area (Å²) in [7, 11) is 0. The second-order valence-corrected chi connectivity index (χ2v) is 7.58. The van der Waals surface area contributed by atoms with Gasteiger partial charge in [0.05, 0.1) is 6.61 Å². The molecule has 152 valence electrons. The number of hydrogen-bond acceptors (Lipinski definition) is 5. The first kappa shape index (κ1) is 19.5. The summed E-state index contributed by atoms with van der Waals surface area (Å²) in [6.45, 7) is 4.33. The van der Waals surface area contributed by atoms with Crippen molar-refractivity contribution < 1.29 is 19.0 Å². The van der Waals surface area contributed by atoms with E-state index >= 15 is 0 Å². The molecule has 1 atom stereocenters. The number of phenols is 1. The maximum absolute atomic E-state index is 10.4. The molecule has 0 amide bonds. The monoisotopic (exact) mass is 393 g/mol. The van der Waals surface area contributed by atoms with Crippen LogP contribution in [-0.4, -0.2) is 29.9 Å². The molecule has 0 saturated carbocycles. The number of hydrogen-bond donors (Lipinski definition) is 1. The maximum atomic E-state index is 10.4. The molecule has 5 nitrogen and oxygen atoms in total. The van der Waals surface area contributed by atoms with E-state index in [1.165, 1.54) is 6.42 Å². The molecule has 2 heterocycles. The van der Waals surface area contributed by atoms with E-state index in [1.807, 2.05) is 37.3 Å². The molecule has 1 aromatic heterocycles. The normalized spacial score (nSPS) is 17.1. The molecule has 1 saturated heterocycles. The molecule has 0 bridgehead atoms. The Morgan fingerprint density at radius 1 is 1.14 bits per heavy atom.